The second-order valence-electron chi connectivity index (χ2n) is 4.05. The molecule has 1 aromatic heterocycles. The van der Waals surface area contributed by atoms with E-state index in [-0.39, 0.29) is 5.75 Å². The minimum Gasteiger partial charge on any atom is -0.406 e. The second kappa shape index (κ2) is 4.93. The number of rotatable bonds is 3. The van der Waals surface area contributed by atoms with Crippen molar-refractivity contribution in [3.05, 3.63) is 47.8 Å². The summed E-state index contributed by atoms with van der Waals surface area (Å²) in [6.07, 6.45) is -1.43. The Kier molecular flexibility index (Phi) is 3.48. The van der Waals surface area contributed by atoms with Gasteiger partial charge in [-0.3, -0.25) is 4.68 Å². The van der Waals surface area contributed by atoms with Crippen molar-refractivity contribution in [2.24, 2.45) is 12.8 Å². The fourth-order valence-corrected chi connectivity index (χ4v) is 1.70. The van der Waals surface area contributed by atoms with Crippen molar-refractivity contribution in [2.75, 3.05) is 0 Å². The molecule has 0 saturated heterocycles. The van der Waals surface area contributed by atoms with Gasteiger partial charge in [0.05, 0.1) is 12.2 Å². The molecular formula is C12H12F3N3O. The van der Waals surface area contributed by atoms with E-state index in [1.165, 1.54) is 18.2 Å². The number of alkyl halides is 3. The molecule has 0 amide bonds. The molecule has 19 heavy (non-hydrogen) atoms. The predicted octanol–water partition coefficient (Wildman–Crippen LogP) is 2.37. The van der Waals surface area contributed by atoms with Crippen LogP contribution in [0.15, 0.2) is 36.7 Å². The fourth-order valence-electron chi connectivity index (χ4n) is 1.70. The molecule has 0 radical (unpaired) electrons. The molecular weight excluding hydrogens is 259 g/mol. The number of nitrogens with two attached hydrogens (primary N) is 1. The molecule has 0 fully saturated rings. The Morgan fingerprint density at radius 2 is 2.05 bits per heavy atom. The second-order valence-corrected chi connectivity index (χ2v) is 4.05. The first kappa shape index (κ1) is 13.4. The maximum atomic E-state index is 12.1. The van der Waals surface area contributed by atoms with E-state index in [2.05, 4.69) is 9.84 Å². The van der Waals surface area contributed by atoms with Gasteiger partial charge in [0.15, 0.2) is 0 Å². The van der Waals surface area contributed by atoms with Gasteiger partial charge in [0.2, 0.25) is 0 Å². The summed E-state index contributed by atoms with van der Waals surface area (Å²) in [5.74, 6) is -0.288. The average Bonchev–Trinajstić information content (AvgIpc) is 2.73. The first-order valence-corrected chi connectivity index (χ1v) is 5.45. The Hall–Kier alpha value is -2.02. The van der Waals surface area contributed by atoms with Gasteiger partial charge in [-0.05, 0) is 17.7 Å². The number of hydrogen-bond acceptors (Lipinski definition) is 3. The van der Waals surface area contributed by atoms with Crippen LogP contribution in [-0.4, -0.2) is 16.1 Å². The Bertz CT molecular complexity index is 565. The summed E-state index contributed by atoms with van der Waals surface area (Å²) in [6.45, 7) is 0. The summed E-state index contributed by atoms with van der Waals surface area (Å²) in [5, 5.41) is 3.97. The predicted molar refractivity (Wildman–Crippen MR) is 62.4 cm³/mol. The van der Waals surface area contributed by atoms with Crippen LogP contribution < -0.4 is 10.5 Å². The maximum Gasteiger partial charge on any atom is 0.573 e. The summed E-state index contributed by atoms with van der Waals surface area (Å²) in [6, 6.07) is 5.05. The third kappa shape index (κ3) is 3.47. The van der Waals surface area contributed by atoms with Crippen molar-refractivity contribution in [3.8, 4) is 5.75 Å². The minimum atomic E-state index is -4.71. The maximum absolute atomic E-state index is 12.1. The Balaban J connectivity index is 2.23. The third-order valence-corrected chi connectivity index (χ3v) is 2.53. The van der Waals surface area contributed by atoms with E-state index in [0.29, 0.717) is 11.1 Å². The lowest BCUT2D eigenvalue weighted by Gasteiger charge is -2.13. The molecule has 2 rings (SSSR count). The molecule has 4 nitrogen and oxygen atoms in total. The molecule has 1 aromatic carbocycles. The Labute approximate surface area is 107 Å². The molecule has 1 atom stereocenters. The number of nitrogens with zero attached hydrogens (tertiary/aromatic N) is 2. The van der Waals surface area contributed by atoms with E-state index >= 15 is 0 Å². The van der Waals surface area contributed by atoms with Crippen molar-refractivity contribution in [3.63, 3.8) is 0 Å². The topological polar surface area (TPSA) is 53.1 Å². The van der Waals surface area contributed by atoms with Crippen molar-refractivity contribution in [1.29, 1.82) is 0 Å². The molecule has 0 aliphatic heterocycles. The SMILES string of the molecule is Cn1cc(C(N)c2cccc(OC(F)(F)F)c2)cn1. The molecule has 2 N–H and O–H groups in total. The normalized spacial score (nSPS) is 13.3. The number of halogens is 3. The molecule has 0 saturated carbocycles. The van der Waals surface area contributed by atoms with E-state index in [1.807, 2.05) is 0 Å². The van der Waals surface area contributed by atoms with E-state index in [1.54, 1.807) is 30.2 Å². The summed E-state index contributed by atoms with van der Waals surface area (Å²) >= 11 is 0. The zero-order valence-electron chi connectivity index (χ0n) is 10.1. The molecule has 0 aliphatic carbocycles. The molecule has 0 spiro atoms. The van der Waals surface area contributed by atoms with Gasteiger partial charge < -0.3 is 10.5 Å². The lowest BCUT2D eigenvalue weighted by Crippen LogP contribution is -2.18. The standard InChI is InChI=1S/C12H12F3N3O/c1-18-7-9(6-17-18)11(16)8-3-2-4-10(5-8)19-12(13,14)15/h2-7,11H,16H2,1H3. The molecule has 0 aliphatic rings. The first-order valence-electron chi connectivity index (χ1n) is 5.45. The molecule has 0 bridgehead atoms. The van der Waals surface area contributed by atoms with Crippen molar-refractivity contribution < 1.29 is 17.9 Å². The van der Waals surface area contributed by atoms with E-state index < -0.39 is 12.4 Å². The van der Waals surface area contributed by atoms with Gasteiger partial charge in [-0.1, -0.05) is 12.1 Å². The van der Waals surface area contributed by atoms with Crippen molar-refractivity contribution in [2.45, 2.75) is 12.4 Å². The molecule has 102 valence electrons. The fraction of sp³-hybridized carbons (Fsp3) is 0.250. The zero-order valence-corrected chi connectivity index (χ0v) is 10.1. The quantitative estimate of drug-likeness (QED) is 0.932. The molecule has 2 aromatic rings. The summed E-state index contributed by atoms with van der Waals surface area (Å²) in [7, 11) is 1.74. The van der Waals surface area contributed by atoms with Crippen LogP contribution in [0.3, 0.4) is 0 Å². The zero-order chi connectivity index (χ0) is 14.0. The van der Waals surface area contributed by atoms with Crippen LogP contribution in [0.1, 0.15) is 17.2 Å². The average molecular weight is 271 g/mol. The Morgan fingerprint density at radius 1 is 1.32 bits per heavy atom. The first-order chi connectivity index (χ1) is 8.85. The molecule has 7 heteroatoms. The van der Waals surface area contributed by atoms with Gasteiger partial charge in [0.1, 0.15) is 5.75 Å². The van der Waals surface area contributed by atoms with Gasteiger partial charge >= 0.3 is 6.36 Å². The molecule has 1 unspecified atom stereocenters. The van der Waals surface area contributed by atoms with Crippen LogP contribution in [-0.2, 0) is 7.05 Å². The number of aryl methyl sites for hydroxylation is 1. The lowest BCUT2D eigenvalue weighted by atomic mass is 10.0. The Morgan fingerprint density at radius 3 is 2.63 bits per heavy atom. The van der Waals surface area contributed by atoms with Crippen LogP contribution in [0.4, 0.5) is 13.2 Å². The highest BCUT2D eigenvalue weighted by atomic mass is 19.4. The van der Waals surface area contributed by atoms with E-state index in [4.69, 9.17) is 5.73 Å². The number of aromatic nitrogens is 2. The van der Waals surface area contributed by atoms with Crippen molar-refractivity contribution >= 4 is 0 Å². The van der Waals surface area contributed by atoms with E-state index in [0.717, 1.165) is 0 Å². The highest BCUT2D eigenvalue weighted by Crippen LogP contribution is 2.26. The summed E-state index contributed by atoms with van der Waals surface area (Å²) in [4.78, 5) is 0. The highest BCUT2D eigenvalue weighted by molar-refractivity contribution is 5.35. The smallest absolute Gasteiger partial charge is 0.406 e. The van der Waals surface area contributed by atoms with Crippen LogP contribution in [0, 0.1) is 0 Å². The van der Waals surface area contributed by atoms with Crippen LogP contribution >= 0.6 is 0 Å². The number of hydrogen-bond donors (Lipinski definition) is 1. The van der Waals surface area contributed by atoms with Crippen molar-refractivity contribution in [1.82, 2.24) is 9.78 Å². The summed E-state index contributed by atoms with van der Waals surface area (Å²) < 4.78 is 41.8. The molecule has 1 heterocycles. The highest BCUT2D eigenvalue weighted by Gasteiger charge is 2.31. The van der Waals surface area contributed by atoms with Gasteiger partial charge in [-0.25, -0.2) is 0 Å². The number of ether oxygens (including phenoxy) is 1. The van der Waals surface area contributed by atoms with Crippen LogP contribution in [0.5, 0.6) is 5.75 Å². The monoisotopic (exact) mass is 271 g/mol. The van der Waals surface area contributed by atoms with Crippen LogP contribution in [0.2, 0.25) is 0 Å². The van der Waals surface area contributed by atoms with E-state index in [9.17, 15) is 13.2 Å². The van der Waals surface area contributed by atoms with Gasteiger partial charge in [0, 0.05) is 18.8 Å². The number of benzene rings is 1. The van der Waals surface area contributed by atoms with Gasteiger partial charge in [-0.15, -0.1) is 13.2 Å². The minimum absolute atomic E-state index is 0.288. The van der Waals surface area contributed by atoms with Gasteiger partial charge in [0.25, 0.3) is 0 Å². The van der Waals surface area contributed by atoms with Gasteiger partial charge in [-0.2, -0.15) is 5.10 Å². The third-order valence-electron chi connectivity index (χ3n) is 2.53. The van der Waals surface area contributed by atoms with Crippen LogP contribution in [0.25, 0.3) is 0 Å². The lowest BCUT2D eigenvalue weighted by molar-refractivity contribution is -0.274. The summed E-state index contributed by atoms with van der Waals surface area (Å²) in [5.41, 5.74) is 7.21. The largest absolute Gasteiger partial charge is 0.573 e.